The van der Waals surface area contributed by atoms with Crippen molar-refractivity contribution in [2.75, 3.05) is 14.2 Å². The van der Waals surface area contributed by atoms with Gasteiger partial charge >= 0.3 is 0 Å². The molecule has 0 aliphatic heterocycles. The second-order valence-corrected chi connectivity index (χ2v) is 5.18. The predicted molar refractivity (Wildman–Crippen MR) is 84.5 cm³/mol. The first kappa shape index (κ1) is 13.8. The molecule has 0 saturated carbocycles. The number of benzene rings is 2. The minimum Gasteiger partial charge on any atom is -0.497 e. The summed E-state index contributed by atoms with van der Waals surface area (Å²) in [6, 6.07) is 11.4. The highest BCUT2D eigenvalue weighted by Gasteiger charge is 2.16. The van der Waals surface area contributed by atoms with Crippen molar-refractivity contribution in [1.82, 2.24) is 0 Å². The zero-order valence-corrected chi connectivity index (χ0v) is 12.8. The van der Waals surface area contributed by atoms with E-state index in [1.807, 2.05) is 37.3 Å². The molecule has 0 amide bonds. The highest BCUT2D eigenvalue weighted by Crippen LogP contribution is 2.39. The quantitative estimate of drug-likeness (QED) is 0.676. The largest absolute Gasteiger partial charge is 0.497 e. The van der Waals surface area contributed by atoms with Crippen LogP contribution in [0.4, 0.5) is 0 Å². The van der Waals surface area contributed by atoms with Gasteiger partial charge in [0.25, 0.3) is 0 Å². The Hall–Kier alpha value is -2.13. The smallest absolute Gasteiger partial charge is 0.153 e. The minimum absolute atomic E-state index is 0.548. The fraction of sp³-hybridized carbons (Fsp3) is 0.176. The molecule has 0 fully saturated rings. The van der Waals surface area contributed by atoms with Gasteiger partial charge in [0.1, 0.15) is 17.3 Å². The van der Waals surface area contributed by atoms with E-state index in [9.17, 15) is 0 Å². The second-order valence-electron chi connectivity index (χ2n) is 4.77. The molecule has 3 aromatic rings. The average Bonchev–Trinajstić information content (AvgIpc) is 2.85. The molecule has 0 bridgehead atoms. The minimum atomic E-state index is 0.548. The molecule has 1 heterocycles. The lowest BCUT2D eigenvalue weighted by atomic mass is 10.1. The molecular weight excluding hydrogens is 288 g/mol. The van der Waals surface area contributed by atoms with Crippen LogP contribution in [-0.4, -0.2) is 14.2 Å². The van der Waals surface area contributed by atoms with E-state index in [-0.39, 0.29) is 0 Å². The number of halogens is 1. The first-order valence-electron chi connectivity index (χ1n) is 6.55. The molecule has 0 N–H and O–H groups in total. The first-order valence-corrected chi connectivity index (χ1v) is 6.93. The Kier molecular flexibility index (Phi) is 3.52. The van der Waals surface area contributed by atoms with E-state index >= 15 is 0 Å². The zero-order valence-electron chi connectivity index (χ0n) is 12.1. The van der Waals surface area contributed by atoms with Crippen LogP contribution in [-0.2, 0) is 0 Å². The number of furan rings is 1. The summed E-state index contributed by atoms with van der Waals surface area (Å²) in [5.74, 6) is 2.34. The van der Waals surface area contributed by atoms with Crippen molar-refractivity contribution in [2.45, 2.75) is 6.92 Å². The van der Waals surface area contributed by atoms with Crippen LogP contribution >= 0.6 is 11.6 Å². The SMILES string of the molecule is COc1ccc(-c2oc3c(Cl)cc(OC)cc3c2C)cc1. The average molecular weight is 303 g/mol. The van der Waals surface area contributed by atoms with Crippen LogP contribution in [0.3, 0.4) is 0 Å². The van der Waals surface area contributed by atoms with E-state index in [0.29, 0.717) is 10.6 Å². The van der Waals surface area contributed by atoms with Crippen molar-refractivity contribution >= 4 is 22.6 Å². The van der Waals surface area contributed by atoms with Gasteiger partial charge in [-0.1, -0.05) is 11.6 Å². The molecule has 3 nitrogen and oxygen atoms in total. The molecule has 0 saturated heterocycles. The fourth-order valence-corrected chi connectivity index (χ4v) is 2.64. The molecule has 21 heavy (non-hydrogen) atoms. The van der Waals surface area contributed by atoms with Gasteiger partial charge in [-0.25, -0.2) is 0 Å². The highest BCUT2D eigenvalue weighted by atomic mass is 35.5. The molecular formula is C17H15ClO3. The maximum Gasteiger partial charge on any atom is 0.153 e. The predicted octanol–water partition coefficient (Wildman–Crippen LogP) is 5.08. The van der Waals surface area contributed by atoms with Crippen LogP contribution in [0.2, 0.25) is 5.02 Å². The lowest BCUT2D eigenvalue weighted by molar-refractivity contribution is 0.415. The Morgan fingerprint density at radius 1 is 0.952 bits per heavy atom. The normalized spacial score (nSPS) is 10.9. The lowest BCUT2D eigenvalue weighted by Gasteiger charge is -2.01. The second kappa shape index (κ2) is 5.34. The van der Waals surface area contributed by atoms with Crippen LogP contribution in [0.1, 0.15) is 5.56 Å². The summed E-state index contributed by atoms with van der Waals surface area (Å²) in [5.41, 5.74) is 2.70. The van der Waals surface area contributed by atoms with Crippen molar-refractivity contribution in [3.05, 3.63) is 47.0 Å². The summed E-state index contributed by atoms with van der Waals surface area (Å²) < 4.78 is 16.4. The molecule has 0 atom stereocenters. The molecule has 1 aromatic heterocycles. The van der Waals surface area contributed by atoms with E-state index in [4.69, 9.17) is 25.5 Å². The Morgan fingerprint density at radius 2 is 1.62 bits per heavy atom. The number of fused-ring (bicyclic) bond motifs is 1. The van der Waals surface area contributed by atoms with Gasteiger partial charge in [0, 0.05) is 22.6 Å². The van der Waals surface area contributed by atoms with Gasteiger partial charge in [0.15, 0.2) is 5.58 Å². The van der Waals surface area contributed by atoms with Gasteiger partial charge in [-0.05, 0) is 37.3 Å². The van der Waals surface area contributed by atoms with Crippen molar-refractivity contribution in [3.8, 4) is 22.8 Å². The van der Waals surface area contributed by atoms with Crippen molar-refractivity contribution in [3.63, 3.8) is 0 Å². The third kappa shape index (κ3) is 2.34. The van der Waals surface area contributed by atoms with E-state index in [1.165, 1.54) is 0 Å². The molecule has 0 spiro atoms. The Bertz CT molecular complexity index is 788. The highest BCUT2D eigenvalue weighted by molar-refractivity contribution is 6.35. The molecule has 0 aliphatic rings. The van der Waals surface area contributed by atoms with Gasteiger partial charge in [0.2, 0.25) is 0 Å². The van der Waals surface area contributed by atoms with Crippen LogP contribution in [0, 0.1) is 6.92 Å². The molecule has 0 radical (unpaired) electrons. The summed E-state index contributed by atoms with van der Waals surface area (Å²) in [6.45, 7) is 2.02. The first-order chi connectivity index (χ1) is 10.1. The van der Waals surface area contributed by atoms with Gasteiger partial charge < -0.3 is 13.9 Å². The molecule has 0 unspecified atom stereocenters. The van der Waals surface area contributed by atoms with Gasteiger partial charge in [-0.3, -0.25) is 0 Å². The summed E-state index contributed by atoms with van der Waals surface area (Å²) in [7, 11) is 3.27. The van der Waals surface area contributed by atoms with Gasteiger partial charge in [-0.15, -0.1) is 0 Å². The molecule has 0 aliphatic carbocycles. The van der Waals surface area contributed by atoms with E-state index in [0.717, 1.165) is 33.8 Å². The molecule has 4 heteroatoms. The number of ether oxygens (including phenoxy) is 2. The standard InChI is InChI=1S/C17H15ClO3/c1-10-14-8-13(20-3)9-15(18)17(14)21-16(10)11-4-6-12(19-2)7-5-11/h4-9H,1-3H3. The third-order valence-electron chi connectivity index (χ3n) is 3.55. The zero-order chi connectivity index (χ0) is 15.0. The molecule has 108 valence electrons. The van der Waals surface area contributed by atoms with Gasteiger partial charge in [0.05, 0.1) is 19.2 Å². The third-order valence-corrected chi connectivity index (χ3v) is 3.83. The summed E-state index contributed by atoms with van der Waals surface area (Å²) >= 11 is 6.27. The Labute approximate surface area is 128 Å². The number of hydrogen-bond donors (Lipinski definition) is 0. The Morgan fingerprint density at radius 3 is 2.24 bits per heavy atom. The monoisotopic (exact) mass is 302 g/mol. The van der Waals surface area contributed by atoms with Crippen LogP contribution < -0.4 is 9.47 Å². The van der Waals surface area contributed by atoms with E-state index in [2.05, 4.69) is 0 Å². The number of methoxy groups -OCH3 is 2. The summed E-state index contributed by atoms with van der Waals surface area (Å²) in [4.78, 5) is 0. The Balaban J connectivity index is 2.18. The molecule has 3 rings (SSSR count). The maximum absolute atomic E-state index is 6.27. The lowest BCUT2D eigenvalue weighted by Crippen LogP contribution is -1.83. The fourth-order valence-electron chi connectivity index (χ4n) is 2.39. The number of rotatable bonds is 3. The van der Waals surface area contributed by atoms with E-state index < -0.39 is 0 Å². The molecule has 2 aromatic carbocycles. The summed E-state index contributed by atoms with van der Waals surface area (Å²) in [5, 5.41) is 1.51. The van der Waals surface area contributed by atoms with Crippen molar-refractivity contribution in [1.29, 1.82) is 0 Å². The van der Waals surface area contributed by atoms with Crippen molar-refractivity contribution in [2.24, 2.45) is 0 Å². The van der Waals surface area contributed by atoms with Gasteiger partial charge in [-0.2, -0.15) is 0 Å². The van der Waals surface area contributed by atoms with Crippen molar-refractivity contribution < 1.29 is 13.9 Å². The number of hydrogen-bond acceptors (Lipinski definition) is 3. The number of aryl methyl sites for hydroxylation is 1. The van der Waals surface area contributed by atoms with E-state index in [1.54, 1.807) is 20.3 Å². The topological polar surface area (TPSA) is 31.6 Å². The van der Waals surface area contributed by atoms with Crippen LogP contribution in [0.15, 0.2) is 40.8 Å². The van der Waals surface area contributed by atoms with Crippen LogP contribution in [0.25, 0.3) is 22.3 Å². The summed E-state index contributed by atoms with van der Waals surface area (Å²) in [6.07, 6.45) is 0. The maximum atomic E-state index is 6.27. The van der Waals surface area contributed by atoms with Crippen LogP contribution in [0.5, 0.6) is 11.5 Å².